The number of hydrogen-bond donors (Lipinski definition) is 2. The second-order valence-electron chi connectivity index (χ2n) is 2.51. The fraction of sp³-hybridized carbons (Fsp3) is 0.250. The molecule has 0 spiro atoms. The Bertz CT molecular complexity index is 319. The number of aliphatic hydroxyl groups is 1. The largest absolute Gasteiger partial charge is 0.387 e. The van der Waals surface area contributed by atoms with Gasteiger partial charge in [0.15, 0.2) is 5.82 Å². The first-order valence-corrected chi connectivity index (χ1v) is 3.97. The van der Waals surface area contributed by atoms with Crippen molar-refractivity contribution in [2.24, 2.45) is 5.73 Å². The minimum Gasteiger partial charge on any atom is -0.387 e. The molecule has 0 radical (unpaired) electrons. The van der Waals surface area contributed by atoms with Crippen molar-refractivity contribution in [3.63, 3.8) is 0 Å². The van der Waals surface area contributed by atoms with E-state index in [2.05, 4.69) is 0 Å². The van der Waals surface area contributed by atoms with Gasteiger partial charge in [-0.3, -0.25) is 0 Å². The van der Waals surface area contributed by atoms with Crippen LogP contribution in [0.3, 0.4) is 0 Å². The Hall–Kier alpha value is -0.710. The van der Waals surface area contributed by atoms with Gasteiger partial charge in [0, 0.05) is 6.54 Å². The zero-order valence-electron chi connectivity index (χ0n) is 6.60. The number of benzene rings is 1. The zero-order valence-corrected chi connectivity index (χ0v) is 7.35. The van der Waals surface area contributed by atoms with Crippen LogP contribution in [0.15, 0.2) is 12.1 Å². The molecule has 0 aliphatic heterocycles. The van der Waals surface area contributed by atoms with Crippen LogP contribution in [-0.2, 0) is 0 Å². The molecule has 0 aromatic heterocycles. The molecule has 13 heavy (non-hydrogen) atoms. The van der Waals surface area contributed by atoms with Crippen LogP contribution in [0.4, 0.5) is 8.78 Å². The second-order valence-corrected chi connectivity index (χ2v) is 2.92. The van der Waals surface area contributed by atoms with E-state index in [9.17, 15) is 8.78 Å². The molecule has 0 saturated carbocycles. The van der Waals surface area contributed by atoms with Crippen LogP contribution in [0.1, 0.15) is 11.7 Å². The topological polar surface area (TPSA) is 46.2 Å². The summed E-state index contributed by atoms with van der Waals surface area (Å²) in [5, 5.41) is 8.92. The number of halogens is 3. The van der Waals surface area contributed by atoms with Gasteiger partial charge in [-0.15, -0.1) is 0 Å². The normalized spacial score (nSPS) is 13.0. The van der Waals surface area contributed by atoms with Crippen LogP contribution < -0.4 is 5.73 Å². The molecule has 1 aromatic rings. The van der Waals surface area contributed by atoms with Gasteiger partial charge >= 0.3 is 0 Å². The third kappa shape index (κ3) is 1.96. The molecule has 5 heteroatoms. The second kappa shape index (κ2) is 4.00. The minimum absolute atomic E-state index is 0.232. The smallest absolute Gasteiger partial charge is 0.150 e. The third-order valence-corrected chi connectivity index (χ3v) is 1.93. The summed E-state index contributed by atoms with van der Waals surface area (Å²) in [5.74, 6) is -1.81. The molecule has 0 saturated heterocycles. The van der Waals surface area contributed by atoms with E-state index in [1.165, 1.54) is 0 Å². The first-order chi connectivity index (χ1) is 6.07. The molecule has 0 amide bonds. The van der Waals surface area contributed by atoms with E-state index >= 15 is 0 Å². The summed E-state index contributed by atoms with van der Waals surface area (Å²) in [6.45, 7) is -0.256. The summed E-state index contributed by atoms with van der Waals surface area (Å²) in [4.78, 5) is 0. The summed E-state index contributed by atoms with van der Waals surface area (Å²) in [5.41, 5.74) is 4.59. The number of nitrogens with two attached hydrogens (primary N) is 1. The van der Waals surface area contributed by atoms with Gasteiger partial charge in [0.2, 0.25) is 0 Å². The Morgan fingerprint density at radius 3 is 2.62 bits per heavy atom. The van der Waals surface area contributed by atoms with Crippen LogP contribution >= 0.6 is 11.6 Å². The predicted molar refractivity (Wildman–Crippen MR) is 45.4 cm³/mol. The Kier molecular flexibility index (Phi) is 3.19. The van der Waals surface area contributed by atoms with Gasteiger partial charge in [-0.25, -0.2) is 8.78 Å². The van der Waals surface area contributed by atoms with Crippen molar-refractivity contribution in [3.05, 3.63) is 34.4 Å². The molecule has 72 valence electrons. The number of aliphatic hydroxyl groups excluding tert-OH is 1. The lowest BCUT2D eigenvalue weighted by Gasteiger charge is -2.10. The molecule has 0 unspecified atom stereocenters. The lowest BCUT2D eigenvalue weighted by atomic mass is 10.1. The highest BCUT2D eigenvalue weighted by atomic mass is 35.5. The van der Waals surface area contributed by atoms with Crippen molar-refractivity contribution >= 4 is 11.6 Å². The van der Waals surface area contributed by atoms with Crippen molar-refractivity contribution in [3.8, 4) is 0 Å². The van der Waals surface area contributed by atoms with Crippen molar-refractivity contribution < 1.29 is 13.9 Å². The van der Waals surface area contributed by atoms with Crippen LogP contribution in [0.5, 0.6) is 0 Å². The zero-order chi connectivity index (χ0) is 10.0. The van der Waals surface area contributed by atoms with E-state index in [4.69, 9.17) is 22.4 Å². The first kappa shape index (κ1) is 10.4. The fourth-order valence-electron chi connectivity index (χ4n) is 0.966. The monoisotopic (exact) mass is 207 g/mol. The van der Waals surface area contributed by atoms with Crippen LogP contribution in [0, 0.1) is 11.6 Å². The standard InChI is InChI=1S/C8H8ClF2NO/c9-4-1-2-5(10)7(8(4)11)6(13)3-12/h1-2,6,13H,3,12H2/t6-/m1/s1. The van der Waals surface area contributed by atoms with Crippen molar-refractivity contribution in [2.75, 3.05) is 6.54 Å². The van der Waals surface area contributed by atoms with E-state index in [1.807, 2.05) is 0 Å². The van der Waals surface area contributed by atoms with E-state index < -0.39 is 23.3 Å². The number of rotatable bonds is 2. The summed E-state index contributed by atoms with van der Waals surface area (Å²) < 4.78 is 26.1. The van der Waals surface area contributed by atoms with Crippen LogP contribution in [0.25, 0.3) is 0 Å². The summed E-state index contributed by atoms with van der Waals surface area (Å²) in [7, 11) is 0. The van der Waals surface area contributed by atoms with E-state index in [0.717, 1.165) is 12.1 Å². The summed E-state index contributed by atoms with van der Waals surface area (Å²) in [6.07, 6.45) is -1.36. The summed E-state index contributed by atoms with van der Waals surface area (Å²) in [6, 6.07) is 2.07. The molecular formula is C8H8ClF2NO. The van der Waals surface area contributed by atoms with Crippen LogP contribution in [-0.4, -0.2) is 11.7 Å². The molecule has 0 aliphatic carbocycles. The maximum Gasteiger partial charge on any atom is 0.150 e. The molecule has 1 rings (SSSR count). The van der Waals surface area contributed by atoms with Crippen molar-refractivity contribution in [1.82, 2.24) is 0 Å². The average Bonchev–Trinajstić information content (AvgIpc) is 2.12. The maximum absolute atomic E-state index is 13.1. The Morgan fingerprint density at radius 2 is 2.08 bits per heavy atom. The highest BCUT2D eigenvalue weighted by molar-refractivity contribution is 6.30. The Morgan fingerprint density at radius 1 is 1.46 bits per heavy atom. The fourth-order valence-corrected chi connectivity index (χ4v) is 1.13. The van der Waals surface area contributed by atoms with Gasteiger partial charge in [0.05, 0.1) is 16.7 Å². The molecule has 0 fully saturated rings. The highest BCUT2D eigenvalue weighted by Crippen LogP contribution is 2.25. The van der Waals surface area contributed by atoms with E-state index in [-0.39, 0.29) is 11.6 Å². The lowest BCUT2D eigenvalue weighted by Crippen LogP contribution is -2.14. The molecule has 1 atom stereocenters. The van der Waals surface area contributed by atoms with Crippen molar-refractivity contribution in [2.45, 2.75) is 6.10 Å². The SMILES string of the molecule is NC[C@@H](O)c1c(F)ccc(Cl)c1F. The molecule has 3 N–H and O–H groups in total. The Labute approximate surface area is 78.9 Å². The van der Waals surface area contributed by atoms with Gasteiger partial charge < -0.3 is 10.8 Å². The van der Waals surface area contributed by atoms with Gasteiger partial charge in [-0.05, 0) is 12.1 Å². The maximum atomic E-state index is 13.1. The highest BCUT2D eigenvalue weighted by Gasteiger charge is 2.18. The predicted octanol–water partition coefficient (Wildman–Crippen LogP) is 1.61. The quantitative estimate of drug-likeness (QED) is 0.724. The van der Waals surface area contributed by atoms with E-state index in [1.54, 1.807) is 0 Å². The van der Waals surface area contributed by atoms with Crippen molar-refractivity contribution in [1.29, 1.82) is 0 Å². The van der Waals surface area contributed by atoms with E-state index in [0.29, 0.717) is 0 Å². The Balaban J connectivity index is 3.25. The molecule has 1 aromatic carbocycles. The first-order valence-electron chi connectivity index (χ1n) is 3.59. The van der Waals surface area contributed by atoms with Gasteiger partial charge in [0.25, 0.3) is 0 Å². The molecular weight excluding hydrogens is 200 g/mol. The third-order valence-electron chi connectivity index (χ3n) is 1.64. The van der Waals surface area contributed by atoms with Gasteiger partial charge in [0.1, 0.15) is 5.82 Å². The van der Waals surface area contributed by atoms with Gasteiger partial charge in [-0.1, -0.05) is 11.6 Å². The lowest BCUT2D eigenvalue weighted by molar-refractivity contribution is 0.176. The average molecular weight is 208 g/mol. The number of hydrogen-bond acceptors (Lipinski definition) is 2. The molecule has 0 heterocycles. The minimum atomic E-state index is -1.36. The summed E-state index contributed by atoms with van der Waals surface area (Å²) >= 11 is 5.39. The molecule has 2 nitrogen and oxygen atoms in total. The molecule has 0 aliphatic rings. The van der Waals surface area contributed by atoms with Gasteiger partial charge in [-0.2, -0.15) is 0 Å². The molecule has 0 bridgehead atoms. The van der Waals surface area contributed by atoms with Crippen LogP contribution in [0.2, 0.25) is 5.02 Å².